The molecular weight excluding hydrogens is 192 g/mol. The number of hydrogen-bond donors (Lipinski definition) is 1. The van der Waals surface area contributed by atoms with E-state index in [0.29, 0.717) is 13.2 Å². The monoisotopic (exact) mass is 208 g/mol. The van der Waals surface area contributed by atoms with Gasteiger partial charge in [0.05, 0.1) is 13.2 Å². The molecule has 0 spiro atoms. The van der Waals surface area contributed by atoms with Crippen LogP contribution in [0.15, 0.2) is 18.7 Å². The highest BCUT2D eigenvalue weighted by atomic mass is 16.5. The van der Waals surface area contributed by atoms with Crippen molar-refractivity contribution in [3.05, 3.63) is 35.4 Å². The molecule has 0 aliphatic heterocycles. The molecule has 0 aromatic heterocycles. The average molecular weight is 208 g/mol. The van der Waals surface area contributed by atoms with E-state index in [-0.39, 0.29) is 5.75 Å². The number of ether oxygens (including phenoxy) is 2. The standard InChI is InChI=1S/C12H16O3/c1-4-9-5-10(7-14-2)12(13)11(6-9)8-15-3/h4-6,13H,1,7-8H2,2-3H3. The lowest BCUT2D eigenvalue weighted by atomic mass is 10.0. The molecule has 1 rings (SSSR count). The third-order valence-electron chi connectivity index (χ3n) is 2.13. The van der Waals surface area contributed by atoms with Gasteiger partial charge >= 0.3 is 0 Å². The summed E-state index contributed by atoms with van der Waals surface area (Å²) in [5.41, 5.74) is 2.45. The molecule has 0 saturated carbocycles. The fraction of sp³-hybridized carbons (Fsp3) is 0.333. The van der Waals surface area contributed by atoms with E-state index in [0.717, 1.165) is 16.7 Å². The van der Waals surface area contributed by atoms with Crippen LogP contribution in [-0.2, 0) is 22.7 Å². The van der Waals surface area contributed by atoms with E-state index in [9.17, 15) is 5.11 Å². The lowest BCUT2D eigenvalue weighted by Gasteiger charge is -2.10. The fourth-order valence-corrected chi connectivity index (χ4v) is 1.44. The van der Waals surface area contributed by atoms with Crippen molar-refractivity contribution >= 4 is 6.08 Å². The van der Waals surface area contributed by atoms with Crippen LogP contribution in [0.5, 0.6) is 5.75 Å². The summed E-state index contributed by atoms with van der Waals surface area (Å²) in [6.45, 7) is 4.46. The van der Waals surface area contributed by atoms with E-state index in [4.69, 9.17) is 9.47 Å². The number of hydrogen-bond acceptors (Lipinski definition) is 3. The van der Waals surface area contributed by atoms with Gasteiger partial charge in [-0.05, 0) is 17.7 Å². The van der Waals surface area contributed by atoms with Gasteiger partial charge < -0.3 is 14.6 Å². The van der Waals surface area contributed by atoms with Crippen LogP contribution in [0.25, 0.3) is 6.08 Å². The van der Waals surface area contributed by atoms with Gasteiger partial charge in [-0.25, -0.2) is 0 Å². The van der Waals surface area contributed by atoms with Crippen molar-refractivity contribution in [2.24, 2.45) is 0 Å². The fourth-order valence-electron chi connectivity index (χ4n) is 1.44. The van der Waals surface area contributed by atoms with Gasteiger partial charge in [-0.3, -0.25) is 0 Å². The van der Waals surface area contributed by atoms with Gasteiger partial charge in [-0.15, -0.1) is 0 Å². The Hall–Kier alpha value is -1.32. The molecule has 3 heteroatoms. The lowest BCUT2D eigenvalue weighted by Crippen LogP contribution is -1.96. The molecule has 0 saturated heterocycles. The van der Waals surface area contributed by atoms with Gasteiger partial charge in [-0.1, -0.05) is 12.7 Å². The number of methoxy groups -OCH3 is 2. The quantitative estimate of drug-likeness (QED) is 0.807. The van der Waals surface area contributed by atoms with E-state index < -0.39 is 0 Å². The molecule has 0 aliphatic rings. The average Bonchev–Trinajstić information content (AvgIpc) is 2.24. The number of phenolic OH excluding ortho intramolecular Hbond substituents is 1. The van der Waals surface area contributed by atoms with Crippen molar-refractivity contribution < 1.29 is 14.6 Å². The van der Waals surface area contributed by atoms with Crippen molar-refractivity contribution in [1.29, 1.82) is 0 Å². The summed E-state index contributed by atoms with van der Waals surface area (Å²) in [4.78, 5) is 0. The molecule has 0 atom stereocenters. The molecule has 3 nitrogen and oxygen atoms in total. The summed E-state index contributed by atoms with van der Waals surface area (Å²) in [5.74, 6) is 0.240. The largest absolute Gasteiger partial charge is 0.507 e. The minimum atomic E-state index is 0.240. The normalized spacial score (nSPS) is 10.3. The van der Waals surface area contributed by atoms with Crippen molar-refractivity contribution in [1.82, 2.24) is 0 Å². The molecule has 82 valence electrons. The second kappa shape index (κ2) is 5.53. The van der Waals surface area contributed by atoms with Crippen LogP contribution in [0.2, 0.25) is 0 Å². The first-order chi connectivity index (χ1) is 7.22. The topological polar surface area (TPSA) is 38.7 Å². The predicted molar refractivity (Wildman–Crippen MR) is 59.6 cm³/mol. The summed E-state index contributed by atoms with van der Waals surface area (Å²) in [6, 6.07) is 3.70. The van der Waals surface area contributed by atoms with Gasteiger partial charge in [0.1, 0.15) is 5.75 Å². The van der Waals surface area contributed by atoms with Crippen molar-refractivity contribution in [3.8, 4) is 5.75 Å². The zero-order valence-corrected chi connectivity index (χ0v) is 9.12. The van der Waals surface area contributed by atoms with Crippen LogP contribution in [0.3, 0.4) is 0 Å². The van der Waals surface area contributed by atoms with Gasteiger partial charge in [0, 0.05) is 25.3 Å². The first-order valence-corrected chi connectivity index (χ1v) is 4.68. The van der Waals surface area contributed by atoms with E-state index in [1.54, 1.807) is 20.3 Å². The van der Waals surface area contributed by atoms with Gasteiger partial charge in [0.25, 0.3) is 0 Å². The third kappa shape index (κ3) is 2.81. The minimum absolute atomic E-state index is 0.240. The van der Waals surface area contributed by atoms with Gasteiger partial charge in [0.2, 0.25) is 0 Å². The Morgan fingerprint density at radius 3 is 2.00 bits per heavy atom. The number of phenols is 1. The van der Waals surface area contributed by atoms with Gasteiger partial charge in [0.15, 0.2) is 0 Å². The molecule has 0 bridgehead atoms. The molecule has 0 unspecified atom stereocenters. The first kappa shape index (κ1) is 11.8. The number of aromatic hydroxyl groups is 1. The highest BCUT2D eigenvalue weighted by Gasteiger charge is 2.08. The SMILES string of the molecule is C=Cc1cc(COC)c(O)c(COC)c1. The molecule has 1 aromatic rings. The van der Waals surface area contributed by atoms with Crippen LogP contribution in [-0.4, -0.2) is 19.3 Å². The maximum absolute atomic E-state index is 9.88. The summed E-state index contributed by atoms with van der Waals surface area (Å²) < 4.78 is 10.0. The van der Waals surface area contributed by atoms with Crippen LogP contribution in [0, 0.1) is 0 Å². The zero-order valence-electron chi connectivity index (χ0n) is 9.12. The molecule has 15 heavy (non-hydrogen) atoms. The maximum atomic E-state index is 9.88. The molecule has 1 N–H and O–H groups in total. The van der Waals surface area contributed by atoms with Crippen molar-refractivity contribution in [2.75, 3.05) is 14.2 Å². The lowest BCUT2D eigenvalue weighted by molar-refractivity contribution is 0.174. The Balaban J connectivity index is 3.14. The Morgan fingerprint density at radius 2 is 1.67 bits per heavy atom. The van der Waals surface area contributed by atoms with Crippen LogP contribution < -0.4 is 0 Å². The number of benzene rings is 1. The Kier molecular flexibility index (Phi) is 4.34. The van der Waals surface area contributed by atoms with Crippen molar-refractivity contribution in [2.45, 2.75) is 13.2 Å². The molecule has 1 aromatic carbocycles. The highest BCUT2D eigenvalue weighted by molar-refractivity contribution is 5.54. The van der Waals surface area contributed by atoms with Gasteiger partial charge in [-0.2, -0.15) is 0 Å². The maximum Gasteiger partial charge on any atom is 0.126 e. The predicted octanol–water partition coefficient (Wildman–Crippen LogP) is 2.33. The zero-order chi connectivity index (χ0) is 11.3. The van der Waals surface area contributed by atoms with E-state index >= 15 is 0 Å². The second-order valence-corrected chi connectivity index (χ2v) is 3.26. The van der Waals surface area contributed by atoms with Crippen LogP contribution >= 0.6 is 0 Å². The Morgan fingerprint density at radius 1 is 1.20 bits per heavy atom. The highest BCUT2D eigenvalue weighted by Crippen LogP contribution is 2.26. The van der Waals surface area contributed by atoms with E-state index in [1.165, 1.54) is 0 Å². The molecule has 0 aliphatic carbocycles. The van der Waals surface area contributed by atoms with Crippen LogP contribution in [0.1, 0.15) is 16.7 Å². The first-order valence-electron chi connectivity index (χ1n) is 4.68. The molecule has 0 amide bonds. The summed E-state index contributed by atoms with van der Waals surface area (Å²) in [7, 11) is 3.19. The number of rotatable bonds is 5. The van der Waals surface area contributed by atoms with E-state index in [2.05, 4.69) is 6.58 Å². The van der Waals surface area contributed by atoms with E-state index in [1.807, 2.05) is 12.1 Å². The smallest absolute Gasteiger partial charge is 0.126 e. The third-order valence-corrected chi connectivity index (χ3v) is 2.13. The molecule has 0 heterocycles. The summed E-state index contributed by atoms with van der Waals surface area (Å²) >= 11 is 0. The summed E-state index contributed by atoms with van der Waals surface area (Å²) in [6.07, 6.45) is 1.73. The minimum Gasteiger partial charge on any atom is -0.507 e. The molecular formula is C12H16O3. The Labute approximate surface area is 90.0 Å². The Bertz CT molecular complexity index is 318. The van der Waals surface area contributed by atoms with Crippen molar-refractivity contribution in [3.63, 3.8) is 0 Å². The molecule has 0 radical (unpaired) electrons. The summed E-state index contributed by atoms with van der Waals surface area (Å²) in [5, 5.41) is 9.88. The second-order valence-electron chi connectivity index (χ2n) is 3.26. The van der Waals surface area contributed by atoms with Crippen LogP contribution in [0.4, 0.5) is 0 Å². The molecule has 0 fully saturated rings.